The summed E-state index contributed by atoms with van der Waals surface area (Å²) in [7, 11) is 4.02. The molecule has 0 saturated carbocycles. The molecule has 6 heteroatoms. The second kappa shape index (κ2) is 6.47. The monoisotopic (exact) mass is 257 g/mol. The number of hydrogen-bond donors (Lipinski definition) is 0. The Kier molecular flexibility index (Phi) is 4.94. The zero-order valence-electron chi connectivity index (χ0n) is 11.3. The fraction of sp³-hybridized carbons (Fsp3) is 0.917. The van der Waals surface area contributed by atoms with Gasteiger partial charge in [-0.2, -0.15) is 0 Å². The minimum atomic E-state index is -0.171. The van der Waals surface area contributed by atoms with Gasteiger partial charge >= 0.3 is 0 Å². The molecule has 2 saturated heterocycles. The Bertz CT molecular complexity index is 274. The summed E-state index contributed by atoms with van der Waals surface area (Å²) in [5, 5.41) is 0. The predicted octanol–water partition coefficient (Wildman–Crippen LogP) is -0.935. The molecular formula is C12H23N3O3. The smallest absolute Gasteiger partial charge is 0.236 e. The topological polar surface area (TPSA) is 45.2 Å². The molecule has 0 aromatic heterocycles. The standard InChI is InChI=1S/C12H23N3O3/c1-13-3-5-15(6-4-13)11(16)9-14(2)10-12-17-7-8-18-12/h12H,3-10H2,1-2H3. The van der Waals surface area contributed by atoms with Crippen molar-refractivity contribution in [3.05, 3.63) is 0 Å². The van der Waals surface area contributed by atoms with E-state index in [1.807, 2.05) is 16.8 Å². The molecule has 0 aromatic rings. The van der Waals surface area contributed by atoms with Gasteiger partial charge in [0.25, 0.3) is 0 Å². The maximum absolute atomic E-state index is 12.1. The first kappa shape index (κ1) is 13.7. The average molecular weight is 257 g/mol. The molecule has 2 aliphatic heterocycles. The van der Waals surface area contributed by atoms with E-state index in [1.165, 1.54) is 0 Å². The first-order valence-corrected chi connectivity index (χ1v) is 6.53. The second-order valence-corrected chi connectivity index (χ2v) is 5.05. The van der Waals surface area contributed by atoms with Crippen LogP contribution in [0.3, 0.4) is 0 Å². The molecule has 2 heterocycles. The Morgan fingerprint density at radius 1 is 1.22 bits per heavy atom. The molecule has 0 N–H and O–H groups in total. The van der Waals surface area contributed by atoms with E-state index in [0.29, 0.717) is 26.3 Å². The van der Waals surface area contributed by atoms with Crippen LogP contribution in [0.25, 0.3) is 0 Å². The molecule has 0 spiro atoms. The summed E-state index contributed by atoms with van der Waals surface area (Å²) in [6.45, 7) is 6.00. The van der Waals surface area contributed by atoms with Crippen LogP contribution in [0.1, 0.15) is 0 Å². The van der Waals surface area contributed by atoms with Crippen LogP contribution in [-0.4, -0.2) is 93.5 Å². The van der Waals surface area contributed by atoms with Gasteiger partial charge in [0.05, 0.1) is 19.8 Å². The Labute approximate surface area is 108 Å². The third-order valence-electron chi connectivity index (χ3n) is 3.41. The summed E-state index contributed by atoms with van der Waals surface area (Å²) in [5.74, 6) is 0.198. The highest BCUT2D eigenvalue weighted by atomic mass is 16.7. The number of likely N-dealkylation sites (N-methyl/N-ethyl adjacent to an activating group) is 2. The first-order chi connectivity index (χ1) is 8.65. The van der Waals surface area contributed by atoms with Gasteiger partial charge in [-0.3, -0.25) is 9.69 Å². The van der Waals surface area contributed by atoms with E-state index in [4.69, 9.17) is 9.47 Å². The molecule has 0 bridgehead atoms. The zero-order valence-corrected chi connectivity index (χ0v) is 11.3. The quantitative estimate of drug-likeness (QED) is 0.651. The highest BCUT2D eigenvalue weighted by Crippen LogP contribution is 2.06. The molecule has 2 rings (SSSR count). The number of hydrogen-bond acceptors (Lipinski definition) is 5. The van der Waals surface area contributed by atoms with Crippen molar-refractivity contribution < 1.29 is 14.3 Å². The largest absolute Gasteiger partial charge is 0.349 e. The summed E-state index contributed by atoms with van der Waals surface area (Å²) in [6, 6.07) is 0. The molecule has 2 aliphatic rings. The van der Waals surface area contributed by atoms with E-state index in [9.17, 15) is 4.79 Å². The van der Waals surface area contributed by atoms with Crippen LogP contribution in [0, 0.1) is 0 Å². The summed E-state index contributed by atoms with van der Waals surface area (Å²) in [6.07, 6.45) is -0.171. The minimum absolute atomic E-state index is 0.171. The Hall–Kier alpha value is -0.690. The number of ether oxygens (including phenoxy) is 2. The fourth-order valence-corrected chi connectivity index (χ4v) is 2.22. The number of rotatable bonds is 4. The van der Waals surface area contributed by atoms with Gasteiger partial charge in [0.15, 0.2) is 6.29 Å². The molecule has 0 atom stereocenters. The van der Waals surface area contributed by atoms with E-state index in [1.54, 1.807) is 0 Å². The van der Waals surface area contributed by atoms with Crippen LogP contribution < -0.4 is 0 Å². The van der Waals surface area contributed by atoms with Gasteiger partial charge in [0.2, 0.25) is 5.91 Å². The summed E-state index contributed by atoms with van der Waals surface area (Å²) < 4.78 is 10.7. The molecule has 0 aliphatic carbocycles. The van der Waals surface area contributed by atoms with Crippen LogP contribution >= 0.6 is 0 Å². The van der Waals surface area contributed by atoms with Crippen LogP contribution in [0.5, 0.6) is 0 Å². The highest BCUT2D eigenvalue weighted by Gasteiger charge is 2.22. The van der Waals surface area contributed by atoms with Crippen LogP contribution in [0.4, 0.5) is 0 Å². The van der Waals surface area contributed by atoms with Crippen molar-refractivity contribution in [2.24, 2.45) is 0 Å². The van der Waals surface area contributed by atoms with Crippen molar-refractivity contribution in [1.82, 2.24) is 14.7 Å². The van der Waals surface area contributed by atoms with Crippen molar-refractivity contribution in [2.45, 2.75) is 6.29 Å². The van der Waals surface area contributed by atoms with Crippen molar-refractivity contribution in [2.75, 3.05) is 66.6 Å². The van der Waals surface area contributed by atoms with E-state index in [2.05, 4.69) is 11.9 Å². The lowest BCUT2D eigenvalue weighted by Gasteiger charge is -2.33. The molecular weight excluding hydrogens is 234 g/mol. The third kappa shape index (κ3) is 3.91. The third-order valence-corrected chi connectivity index (χ3v) is 3.41. The predicted molar refractivity (Wildman–Crippen MR) is 67.3 cm³/mol. The van der Waals surface area contributed by atoms with Crippen LogP contribution in [0.15, 0.2) is 0 Å². The fourth-order valence-electron chi connectivity index (χ4n) is 2.22. The van der Waals surface area contributed by atoms with Gasteiger partial charge < -0.3 is 19.3 Å². The molecule has 6 nitrogen and oxygen atoms in total. The summed E-state index contributed by atoms with van der Waals surface area (Å²) >= 11 is 0. The van der Waals surface area contributed by atoms with Gasteiger partial charge in [-0.25, -0.2) is 0 Å². The van der Waals surface area contributed by atoms with Crippen molar-refractivity contribution >= 4 is 5.91 Å². The molecule has 0 radical (unpaired) electrons. The maximum Gasteiger partial charge on any atom is 0.236 e. The minimum Gasteiger partial charge on any atom is -0.349 e. The molecule has 0 unspecified atom stereocenters. The van der Waals surface area contributed by atoms with Gasteiger partial charge in [-0.15, -0.1) is 0 Å². The van der Waals surface area contributed by atoms with Gasteiger partial charge in [-0.05, 0) is 14.1 Å². The van der Waals surface area contributed by atoms with E-state index < -0.39 is 0 Å². The Morgan fingerprint density at radius 2 is 1.83 bits per heavy atom. The highest BCUT2D eigenvalue weighted by molar-refractivity contribution is 5.78. The second-order valence-electron chi connectivity index (χ2n) is 5.05. The Morgan fingerprint density at radius 3 is 2.44 bits per heavy atom. The van der Waals surface area contributed by atoms with Crippen LogP contribution in [0.2, 0.25) is 0 Å². The number of nitrogens with zero attached hydrogens (tertiary/aromatic N) is 3. The van der Waals surface area contributed by atoms with Gasteiger partial charge in [-0.1, -0.05) is 0 Å². The Balaban J connectivity index is 1.69. The van der Waals surface area contributed by atoms with Crippen LogP contribution in [-0.2, 0) is 14.3 Å². The summed E-state index contributed by atoms with van der Waals surface area (Å²) in [5.41, 5.74) is 0. The maximum atomic E-state index is 12.1. The van der Waals surface area contributed by atoms with Gasteiger partial charge in [0, 0.05) is 32.7 Å². The number of carbonyl (C=O) groups excluding carboxylic acids is 1. The lowest BCUT2D eigenvalue weighted by atomic mass is 10.3. The molecule has 18 heavy (non-hydrogen) atoms. The lowest BCUT2D eigenvalue weighted by molar-refractivity contribution is -0.134. The van der Waals surface area contributed by atoms with Crippen molar-refractivity contribution in [1.29, 1.82) is 0 Å². The molecule has 104 valence electrons. The normalized spacial score (nSPS) is 22.9. The lowest BCUT2D eigenvalue weighted by Crippen LogP contribution is -2.50. The van der Waals surface area contributed by atoms with E-state index >= 15 is 0 Å². The summed E-state index contributed by atoms with van der Waals surface area (Å²) in [4.78, 5) is 18.2. The molecule has 1 amide bonds. The molecule has 0 aromatic carbocycles. The average Bonchev–Trinajstić information content (AvgIpc) is 2.82. The first-order valence-electron chi connectivity index (χ1n) is 6.53. The zero-order chi connectivity index (χ0) is 13.0. The molecule has 2 fully saturated rings. The van der Waals surface area contributed by atoms with E-state index in [-0.39, 0.29) is 12.2 Å². The van der Waals surface area contributed by atoms with E-state index in [0.717, 1.165) is 26.2 Å². The van der Waals surface area contributed by atoms with Crippen molar-refractivity contribution in [3.8, 4) is 0 Å². The SMILES string of the molecule is CN1CCN(C(=O)CN(C)CC2OCCO2)CC1. The number of piperazine rings is 1. The van der Waals surface area contributed by atoms with Gasteiger partial charge in [0.1, 0.15) is 0 Å². The number of carbonyl (C=O) groups is 1. The number of amides is 1. The van der Waals surface area contributed by atoms with Crippen molar-refractivity contribution in [3.63, 3.8) is 0 Å².